The maximum absolute atomic E-state index is 6.08. The van der Waals surface area contributed by atoms with Crippen molar-refractivity contribution in [3.8, 4) is 0 Å². The van der Waals surface area contributed by atoms with Crippen LogP contribution in [0.3, 0.4) is 0 Å². The quantitative estimate of drug-likeness (QED) is 0.694. The minimum atomic E-state index is 0.161. The van der Waals surface area contributed by atoms with Gasteiger partial charge in [0.25, 0.3) is 0 Å². The second-order valence-electron chi connectivity index (χ2n) is 4.72. The lowest BCUT2D eigenvalue weighted by molar-refractivity contribution is 0.159. The molecule has 12 heavy (non-hydrogen) atoms. The summed E-state index contributed by atoms with van der Waals surface area (Å²) in [6.07, 6.45) is 2.42. The van der Waals surface area contributed by atoms with E-state index in [1.165, 1.54) is 12.8 Å². The van der Waals surface area contributed by atoms with E-state index in [2.05, 4.69) is 32.6 Å². The van der Waals surface area contributed by atoms with Gasteiger partial charge in [-0.3, -0.25) is 4.90 Å². The van der Waals surface area contributed by atoms with Crippen molar-refractivity contribution >= 4 is 0 Å². The molecule has 1 fully saturated rings. The number of nitrogens with zero attached hydrogens (tertiary/aromatic N) is 1. The summed E-state index contributed by atoms with van der Waals surface area (Å²) in [5.74, 6) is 0. The highest BCUT2D eigenvalue weighted by molar-refractivity contribution is 5.01. The van der Waals surface area contributed by atoms with Crippen LogP contribution in [0.25, 0.3) is 0 Å². The van der Waals surface area contributed by atoms with Gasteiger partial charge in [-0.25, -0.2) is 0 Å². The molecule has 1 saturated carbocycles. The standard InChI is InChI=1S/C10H22N2/c1-8(2)12(9(3)4)7-10(11)5-6-10/h8-9H,5-7,11H2,1-4H3. The maximum Gasteiger partial charge on any atom is 0.0285 e. The van der Waals surface area contributed by atoms with Crippen molar-refractivity contribution in [1.82, 2.24) is 4.90 Å². The molecule has 2 nitrogen and oxygen atoms in total. The van der Waals surface area contributed by atoms with E-state index in [-0.39, 0.29) is 5.54 Å². The summed E-state index contributed by atoms with van der Waals surface area (Å²) in [7, 11) is 0. The van der Waals surface area contributed by atoms with Crippen molar-refractivity contribution in [1.29, 1.82) is 0 Å². The van der Waals surface area contributed by atoms with Gasteiger partial charge in [0.05, 0.1) is 0 Å². The van der Waals surface area contributed by atoms with Crippen LogP contribution in [0.15, 0.2) is 0 Å². The molecule has 0 aromatic rings. The molecule has 1 rings (SSSR count). The van der Waals surface area contributed by atoms with Gasteiger partial charge in [0.15, 0.2) is 0 Å². The van der Waals surface area contributed by atoms with Crippen molar-refractivity contribution in [3.63, 3.8) is 0 Å². The topological polar surface area (TPSA) is 29.3 Å². The third-order valence-electron chi connectivity index (χ3n) is 2.72. The second-order valence-corrected chi connectivity index (χ2v) is 4.72. The third kappa shape index (κ3) is 2.46. The van der Waals surface area contributed by atoms with E-state index in [1.807, 2.05) is 0 Å². The predicted octanol–water partition coefficient (Wildman–Crippen LogP) is 1.60. The first-order chi connectivity index (χ1) is 5.44. The Morgan fingerprint density at radius 2 is 1.58 bits per heavy atom. The molecule has 0 saturated heterocycles. The fourth-order valence-corrected chi connectivity index (χ4v) is 1.64. The summed E-state index contributed by atoms with van der Waals surface area (Å²) in [6, 6.07) is 1.23. The van der Waals surface area contributed by atoms with Crippen LogP contribution in [-0.4, -0.2) is 29.1 Å². The van der Waals surface area contributed by atoms with Crippen LogP contribution in [0.5, 0.6) is 0 Å². The fourth-order valence-electron chi connectivity index (χ4n) is 1.64. The van der Waals surface area contributed by atoms with Gasteiger partial charge in [-0.15, -0.1) is 0 Å². The molecule has 1 aliphatic rings. The van der Waals surface area contributed by atoms with Crippen LogP contribution in [0.4, 0.5) is 0 Å². The average molecular weight is 170 g/mol. The summed E-state index contributed by atoms with van der Waals surface area (Å²) >= 11 is 0. The summed E-state index contributed by atoms with van der Waals surface area (Å²) in [6.45, 7) is 10.0. The van der Waals surface area contributed by atoms with E-state index in [0.717, 1.165) is 6.54 Å². The van der Waals surface area contributed by atoms with E-state index < -0.39 is 0 Å². The van der Waals surface area contributed by atoms with Crippen molar-refractivity contribution in [3.05, 3.63) is 0 Å². The Morgan fingerprint density at radius 3 is 1.83 bits per heavy atom. The van der Waals surface area contributed by atoms with Gasteiger partial charge in [0, 0.05) is 24.2 Å². The molecule has 0 unspecified atom stereocenters. The van der Waals surface area contributed by atoms with Crippen LogP contribution in [0.2, 0.25) is 0 Å². The molecule has 0 spiro atoms. The van der Waals surface area contributed by atoms with E-state index >= 15 is 0 Å². The van der Waals surface area contributed by atoms with Gasteiger partial charge in [-0.2, -0.15) is 0 Å². The Morgan fingerprint density at radius 1 is 1.17 bits per heavy atom. The Bertz CT molecular complexity index is 140. The predicted molar refractivity (Wildman–Crippen MR) is 53.1 cm³/mol. The van der Waals surface area contributed by atoms with Crippen LogP contribution in [-0.2, 0) is 0 Å². The summed E-state index contributed by atoms with van der Waals surface area (Å²) in [5.41, 5.74) is 6.24. The largest absolute Gasteiger partial charge is 0.324 e. The van der Waals surface area contributed by atoms with Gasteiger partial charge >= 0.3 is 0 Å². The molecule has 2 heteroatoms. The second kappa shape index (κ2) is 3.35. The molecule has 0 aliphatic heterocycles. The molecule has 0 radical (unpaired) electrons. The van der Waals surface area contributed by atoms with Crippen molar-refractivity contribution in [2.45, 2.75) is 58.2 Å². The van der Waals surface area contributed by atoms with Crippen molar-refractivity contribution in [2.75, 3.05) is 6.54 Å². The molecule has 0 aromatic heterocycles. The monoisotopic (exact) mass is 170 g/mol. The zero-order valence-corrected chi connectivity index (χ0v) is 8.80. The minimum Gasteiger partial charge on any atom is -0.324 e. The Labute approximate surface area is 76.1 Å². The molecule has 2 N–H and O–H groups in total. The summed E-state index contributed by atoms with van der Waals surface area (Å²) < 4.78 is 0. The highest BCUT2D eigenvalue weighted by atomic mass is 15.2. The lowest BCUT2D eigenvalue weighted by Gasteiger charge is -2.32. The minimum absolute atomic E-state index is 0.161. The van der Waals surface area contributed by atoms with Gasteiger partial charge in [0.1, 0.15) is 0 Å². The molecular formula is C10H22N2. The first kappa shape index (κ1) is 10.0. The van der Waals surface area contributed by atoms with Crippen LogP contribution < -0.4 is 5.73 Å². The van der Waals surface area contributed by atoms with Gasteiger partial charge < -0.3 is 5.73 Å². The highest BCUT2D eigenvalue weighted by Crippen LogP contribution is 2.33. The lowest BCUT2D eigenvalue weighted by Crippen LogP contribution is -2.46. The first-order valence-electron chi connectivity index (χ1n) is 4.99. The van der Waals surface area contributed by atoms with Crippen LogP contribution >= 0.6 is 0 Å². The summed E-state index contributed by atoms with van der Waals surface area (Å²) in [4.78, 5) is 2.48. The fraction of sp³-hybridized carbons (Fsp3) is 1.00. The van der Waals surface area contributed by atoms with E-state index in [9.17, 15) is 0 Å². The maximum atomic E-state index is 6.08. The number of hydrogen-bond acceptors (Lipinski definition) is 2. The van der Waals surface area contributed by atoms with Crippen LogP contribution in [0.1, 0.15) is 40.5 Å². The Balaban J connectivity index is 2.43. The highest BCUT2D eigenvalue weighted by Gasteiger charge is 2.40. The van der Waals surface area contributed by atoms with Crippen molar-refractivity contribution < 1.29 is 0 Å². The Hall–Kier alpha value is -0.0800. The van der Waals surface area contributed by atoms with Crippen molar-refractivity contribution in [2.24, 2.45) is 5.73 Å². The van der Waals surface area contributed by atoms with Gasteiger partial charge in [-0.05, 0) is 40.5 Å². The molecule has 0 atom stereocenters. The van der Waals surface area contributed by atoms with E-state index in [1.54, 1.807) is 0 Å². The lowest BCUT2D eigenvalue weighted by atomic mass is 10.1. The molecule has 0 amide bonds. The number of rotatable bonds is 4. The zero-order valence-electron chi connectivity index (χ0n) is 8.80. The Kier molecular flexibility index (Phi) is 2.79. The van der Waals surface area contributed by atoms with Gasteiger partial charge in [0.2, 0.25) is 0 Å². The smallest absolute Gasteiger partial charge is 0.0285 e. The average Bonchev–Trinajstić information content (AvgIpc) is 2.63. The zero-order chi connectivity index (χ0) is 9.35. The molecule has 72 valence electrons. The van der Waals surface area contributed by atoms with E-state index in [0.29, 0.717) is 12.1 Å². The summed E-state index contributed by atoms with van der Waals surface area (Å²) in [5, 5.41) is 0. The first-order valence-corrected chi connectivity index (χ1v) is 4.99. The van der Waals surface area contributed by atoms with Crippen LogP contribution in [0, 0.1) is 0 Å². The SMILES string of the molecule is CC(C)N(CC1(N)CC1)C(C)C. The molecular weight excluding hydrogens is 148 g/mol. The molecule has 0 aromatic carbocycles. The number of hydrogen-bond donors (Lipinski definition) is 1. The third-order valence-corrected chi connectivity index (χ3v) is 2.72. The van der Waals surface area contributed by atoms with Gasteiger partial charge in [-0.1, -0.05) is 0 Å². The molecule has 0 heterocycles. The van der Waals surface area contributed by atoms with E-state index in [4.69, 9.17) is 5.73 Å². The number of nitrogens with two attached hydrogens (primary N) is 1. The normalized spacial score (nSPS) is 21.0. The molecule has 0 bridgehead atoms. The molecule has 1 aliphatic carbocycles.